The number of H-pyrrole nitrogens is 1. The van der Waals surface area contributed by atoms with Crippen LogP contribution in [0.2, 0.25) is 0 Å². The summed E-state index contributed by atoms with van der Waals surface area (Å²) in [4.78, 5) is 15.6. The first-order chi connectivity index (χ1) is 14.4. The van der Waals surface area contributed by atoms with Crippen LogP contribution in [0.5, 0.6) is 0 Å². The first-order valence-electron chi connectivity index (χ1n) is 9.81. The number of aliphatic hydroxyl groups excluding tert-OH is 3. The molecule has 3 heterocycles. The van der Waals surface area contributed by atoms with Crippen LogP contribution in [0.15, 0.2) is 11.3 Å². The fourth-order valence-electron chi connectivity index (χ4n) is 3.33. The molecule has 1 unspecified atom stereocenters. The number of unbranched alkanes of at least 4 members (excludes halogenated alkanes) is 3. The minimum absolute atomic E-state index is 0.115. The van der Waals surface area contributed by atoms with Crippen molar-refractivity contribution in [3.63, 3.8) is 0 Å². The van der Waals surface area contributed by atoms with E-state index >= 15 is 0 Å². The molecule has 13 heteroatoms. The van der Waals surface area contributed by atoms with E-state index in [0.29, 0.717) is 34.8 Å². The Morgan fingerprint density at radius 3 is 2.73 bits per heavy atom. The summed E-state index contributed by atoms with van der Waals surface area (Å²) in [6.45, 7) is 0.914. The Bertz CT molecular complexity index is 928. The largest absolute Gasteiger partial charge is 0.394 e. The summed E-state index contributed by atoms with van der Waals surface area (Å²) in [6.07, 6.45) is 1.13. The Labute approximate surface area is 178 Å². The first-order valence-corrected chi connectivity index (χ1v) is 10.2. The maximum atomic E-state index is 10.3. The lowest BCUT2D eigenvalue weighted by molar-refractivity contribution is -0.0511. The molecule has 12 nitrogen and oxygen atoms in total. The summed E-state index contributed by atoms with van der Waals surface area (Å²) >= 11 is 5.33. The highest BCUT2D eigenvalue weighted by atomic mass is 32.1. The predicted molar refractivity (Wildman–Crippen MR) is 113 cm³/mol. The minimum atomic E-state index is -1.22. The van der Waals surface area contributed by atoms with Crippen LogP contribution in [0.1, 0.15) is 31.9 Å². The zero-order chi connectivity index (χ0) is 21.7. The molecule has 0 aromatic carbocycles. The fourth-order valence-corrected chi connectivity index (χ4v) is 3.57. The normalized spacial score (nSPS) is 23.7. The van der Waals surface area contributed by atoms with Crippen molar-refractivity contribution in [3.05, 3.63) is 11.0 Å². The number of imidazole rings is 1. The van der Waals surface area contributed by atoms with Crippen molar-refractivity contribution >= 4 is 35.3 Å². The van der Waals surface area contributed by atoms with E-state index in [1.54, 1.807) is 4.57 Å². The summed E-state index contributed by atoms with van der Waals surface area (Å²) < 4.78 is 7.43. The second-order valence-corrected chi connectivity index (χ2v) is 7.50. The number of anilines is 1. The van der Waals surface area contributed by atoms with Gasteiger partial charge in [-0.15, -0.1) is 0 Å². The van der Waals surface area contributed by atoms with Crippen molar-refractivity contribution in [2.24, 2.45) is 16.5 Å². The van der Waals surface area contributed by atoms with Crippen LogP contribution in [0.4, 0.5) is 5.95 Å². The van der Waals surface area contributed by atoms with E-state index in [-0.39, 0.29) is 5.96 Å². The van der Waals surface area contributed by atoms with Crippen LogP contribution in [0.25, 0.3) is 11.2 Å². The van der Waals surface area contributed by atoms with Gasteiger partial charge in [-0.2, -0.15) is 0 Å². The quantitative estimate of drug-likeness (QED) is 0.108. The van der Waals surface area contributed by atoms with Crippen molar-refractivity contribution in [1.29, 1.82) is 0 Å². The van der Waals surface area contributed by atoms with Crippen LogP contribution < -0.4 is 16.8 Å². The van der Waals surface area contributed by atoms with E-state index in [1.165, 1.54) is 6.33 Å². The molecule has 3 rings (SSSR count). The van der Waals surface area contributed by atoms with Gasteiger partial charge >= 0.3 is 0 Å². The van der Waals surface area contributed by atoms with Gasteiger partial charge in [0, 0.05) is 13.1 Å². The number of nitrogens with zero attached hydrogens (tertiary/aromatic N) is 4. The number of rotatable bonds is 10. The maximum absolute atomic E-state index is 10.3. The molecule has 1 aliphatic rings. The van der Waals surface area contributed by atoms with Crippen LogP contribution in [0, 0.1) is 4.64 Å². The minimum Gasteiger partial charge on any atom is -0.394 e. The Morgan fingerprint density at radius 1 is 1.27 bits per heavy atom. The lowest BCUT2D eigenvalue weighted by Gasteiger charge is -2.17. The standard InChI is InChI=1S/C17H28N8O4S/c18-16(19)20-5-3-1-2-4-6-21-17-23-13-10(14(30)24-17)22-8-25(13)15-12(28)11(27)9(7-26)29-15/h8-9,11-12,15,26-28H,1-7H2,(H4,18,19,20)(H2,21,23,24,30)/t9-,11?,12+,15-/m1/s1. The molecule has 0 spiro atoms. The fraction of sp³-hybridized carbons (Fsp3) is 0.647. The number of ether oxygens (including phenoxy) is 1. The highest BCUT2D eigenvalue weighted by Gasteiger charge is 2.43. The third-order valence-electron chi connectivity index (χ3n) is 4.91. The van der Waals surface area contributed by atoms with Crippen LogP contribution in [-0.2, 0) is 4.74 Å². The van der Waals surface area contributed by atoms with Crippen LogP contribution in [0.3, 0.4) is 0 Å². The number of guanidine groups is 1. The molecule has 1 saturated heterocycles. The molecule has 9 N–H and O–H groups in total. The lowest BCUT2D eigenvalue weighted by atomic mass is 10.1. The van der Waals surface area contributed by atoms with E-state index in [4.69, 9.17) is 28.4 Å². The van der Waals surface area contributed by atoms with Gasteiger partial charge in [-0.25, -0.2) is 9.97 Å². The van der Waals surface area contributed by atoms with Gasteiger partial charge in [-0.05, 0) is 12.8 Å². The maximum Gasteiger partial charge on any atom is 0.203 e. The number of aliphatic imine (C=N–C) groups is 1. The molecule has 2 aromatic rings. The molecular weight excluding hydrogens is 412 g/mol. The molecule has 1 aliphatic heterocycles. The van der Waals surface area contributed by atoms with Gasteiger partial charge < -0.3 is 41.8 Å². The number of fused-ring (bicyclic) bond motifs is 1. The van der Waals surface area contributed by atoms with Crippen molar-refractivity contribution < 1.29 is 20.1 Å². The molecule has 0 saturated carbocycles. The Morgan fingerprint density at radius 2 is 2.03 bits per heavy atom. The second-order valence-electron chi connectivity index (χ2n) is 7.12. The molecule has 4 atom stereocenters. The van der Waals surface area contributed by atoms with Gasteiger partial charge in [0.25, 0.3) is 0 Å². The van der Waals surface area contributed by atoms with E-state index in [2.05, 4.69) is 25.3 Å². The summed E-state index contributed by atoms with van der Waals surface area (Å²) in [5.74, 6) is 0.589. The van der Waals surface area contributed by atoms with Gasteiger partial charge in [0.15, 0.2) is 16.8 Å². The SMILES string of the molecule is NC(N)=NCCCCCCNc1nc(=S)c2ncn([C@@H]3O[C@H](CO)C(O)[C@@H]3O)c2[nH]1. The van der Waals surface area contributed by atoms with Crippen molar-refractivity contribution in [2.45, 2.75) is 50.2 Å². The smallest absolute Gasteiger partial charge is 0.203 e. The zero-order valence-electron chi connectivity index (χ0n) is 16.4. The van der Waals surface area contributed by atoms with Crippen molar-refractivity contribution in [2.75, 3.05) is 25.0 Å². The number of aromatic amines is 1. The van der Waals surface area contributed by atoms with Gasteiger partial charge in [0.1, 0.15) is 29.5 Å². The Kier molecular flexibility index (Phi) is 7.55. The number of hydrogen-bond donors (Lipinski definition) is 7. The molecule has 0 aliphatic carbocycles. The molecule has 166 valence electrons. The van der Waals surface area contributed by atoms with Crippen molar-refractivity contribution in [1.82, 2.24) is 19.5 Å². The lowest BCUT2D eigenvalue weighted by Crippen LogP contribution is -2.33. The highest BCUT2D eigenvalue weighted by molar-refractivity contribution is 7.71. The molecule has 2 aromatic heterocycles. The average Bonchev–Trinajstić information content (AvgIpc) is 3.25. The first kappa shape index (κ1) is 22.4. The number of nitrogens with two attached hydrogens (primary N) is 2. The van der Waals surface area contributed by atoms with E-state index in [0.717, 1.165) is 25.7 Å². The zero-order valence-corrected chi connectivity index (χ0v) is 17.3. The summed E-state index contributed by atoms with van der Waals surface area (Å²) in [5, 5.41) is 32.8. The number of nitrogens with one attached hydrogen (secondary N) is 2. The average molecular weight is 441 g/mol. The van der Waals surface area contributed by atoms with E-state index < -0.39 is 31.1 Å². The van der Waals surface area contributed by atoms with Crippen LogP contribution in [-0.4, -0.2) is 78.8 Å². The Balaban J connectivity index is 1.62. The highest BCUT2D eigenvalue weighted by Crippen LogP contribution is 2.31. The van der Waals surface area contributed by atoms with Gasteiger partial charge in [0.2, 0.25) is 5.95 Å². The number of aliphatic hydroxyl groups is 3. The molecule has 30 heavy (non-hydrogen) atoms. The molecule has 1 fully saturated rings. The predicted octanol–water partition coefficient (Wildman–Crippen LogP) is -0.654. The molecule has 0 radical (unpaired) electrons. The molecular formula is C17H28N8O4S. The van der Waals surface area contributed by atoms with Crippen LogP contribution >= 0.6 is 12.2 Å². The summed E-state index contributed by atoms with van der Waals surface area (Å²) in [5.41, 5.74) is 11.5. The van der Waals surface area contributed by atoms with Gasteiger partial charge in [-0.1, -0.05) is 25.1 Å². The third-order valence-corrected chi connectivity index (χ3v) is 5.19. The molecule has 0 bridgehead atoms. The summed E-state index contributed by atoms with van der Waals surface area (Å²) in [7, 11) is 0. The second kappa shape index (κ2) is 10.1. The van der Waals surface area contributed by atoms with Gasteiger partial charge in [-0.3, -0.25) is 9.56 Å². The van der Waals surface area contributed by atoms with Crippen molar-refractivity contribution in [3.8, 4) is 0 Å². The molecule has 0 amide bonds. The van der Waals surface area contributed by atoms with E-state index in [1.807, 2.05) is 0 Å². The summed E-state index contributed by atoms with van der Waals surface area (Å²) in [6, 6.07) is 0. The number of aromatic nitrogens is 4. The van der Waals surface area contributed by atoms with Gasteiger partial charge in [0.05, 0.1) is 12.9 Å². The Hall–Kier alpha value is -2.32. The third kappa shape index (κ3) is 5.05. The number of hydrogen-bond acceptors (Lipinski definition) is 9. The topological polar surface area (TPSA) is 193 Å². The van der Waals surface area contributed by atoms with E-state index in [9.17, 15) is 15.3 Å². The monoisotopic (exact) mass is 440 g/mol.